The Kier molecular flexibility index (Phi) is 3.52. The number of rotatable bonds is 4. The molecule has 0 aliphatic heterocycles. The number of carboxylic acid groups (broad SMARTS) is 1. The first-order valence-corrected chi connectivity index (χ1v) is 7.66. The smallest absolute Gasteiger partial charge is 0.340 e. The number of aromatic amines is 1. The van der Waals surface area contributed by atoms with Gasteiger partial charge in [0.2, 0.25) is 0 Å². The molecule has 0 aromatic carbocycles. The largest absolute Gasteiger partial charge is 0.478 e. The van der Waals surface area contributed by atoms with Crippen molar-refractivity contribution in [2.75, 3.05) is 11.4 Å². The third-order valence-corrected chi connectivity index (χ3v) is 5.77. The highest BCUT2D eigenvalue weighted by Gasteiger charge is 2.30. The summed E-state index contributed by atoms with van der Waals surface area (Å²) in [6.45, 7) is 3.09. The molecule has 108 valence electrons. The van der Waals surface area contributed by atoms with E-state index in [0.29, 0.717) is 5.69 Å². The fourth-order valence-electron chi connectivity index (χ4n) is 1.68. The molecule has 2 rings (SSSR count). The lowest BCUT2D eigenvalue weighted by Gasteiger charge is -2.17. The first kappa shape index (κ1) is 14.5. The predicted octanol–water partition coefficient (Wildman–Crippen LogP) is 1.01. The molecule has 0 aliphatic carbocycles. The van der Waals surface area contributed by atoms with Crippen molar-refractivity contribution in [3.8, 4) is 0 Å². The van der Waals surface area contributed by atoms with Crippen LogP contribution >= 0.6 is 11.5 Å². The summed E-state index contributed by atoms with van der Waals surface area (Å²) in [6, 6.07) is 0. The van der Waals surface area contributed by atoms with E-state index < -0.39 is 16.0 Å². The minimum atomic E-state index is -3.88. The van der Waals surface area contributed by atoms with Gasteiger partial charge in [0.15, 0.2) is 0 Å². The Labute approximate surface area is 119 Å². The highest BCUT2D eigenvalue weighted by atomic mass is 32.2. The number of carboxylic acids is 1. The number of carbonyl (C=O) groups is 1. The molecular formula is C10H12N4O4S2. The Hall–Kier alpha value is -1.94. The van der Waals surface area contributed by atoms with E-state index in [9.17, 15) is 13.2 Å². The molecule has 2 aromatic heterocycles. The average molecular weight is 316 g/mol. The van der Waals surface area contributed by atoms with Gasteiger partial charge < -0.3 is 5.11 Å². The highest BCUT2D eigenvalue weighted by Crippen LogP contribution is 2.32. The molecule has 0 spiro atoms. The van der Waals surface area contributed by atoms with Gasteiger partial charge in [0.25, 0.3) is 10.0 Å². The molecule has 0 bridgehead atoms. The Bertz CT molecular complexity index is 762. The molecule has 2 N–H and O–H groups in total. The number of nitrogens with zero attached hydrogens (tertiary/aromatic N) is 3. The summed E-state index contributed by atoms with van der Waals surface area (Å²) in [7, 11) is -2.58. The van der Waals surface area contributed by atoms with Crippen molar-refractivity contribution in [3.63, 3.8) is 0 Å². The summed E-state index contributed by atoms with van der Waals surface area (Å²) in [5.41, 5.74) is 0.556. The first-order valence-electron chi connectivity index (χ1n) is 5.45. The van der Waals surface area contributed by atoms with Crippen molar-refractivity contribution in [1.29, 1.82) is 0 Å². The molecule has 0 radical (unpaired) electrons. The molecular weight excluding hydrogens is 304 g/mol. The van der Waals surface area contributed by atoms with Gasteiger partial charge in [0.1, 0.15) is 15.5 Å². The van der Waals surface area contributed by atoms with Gasteiger partial charge in [-0.1, -0.05) is 0 Å². The van der Waals surface area contributed by atoms with Gasteiger partial charge >= 0.3 is 5.97 Å². The summed E-state index contributed by atoms with van der Waals surface area (Å²) in [4.78, 5) is 11.2. The Morgan fingerprint density at radius 1 is 1.45 bits per heavy atom. The highest BCUT2D eigenvalue weighted by molar-refractivity contribution is 7.93. The lowest BCUT2D eigenvalue weighted by atomic mass is 10.2. The third-order valence-electron chi connectivity index (χ3n) is 2.77. The molecule has 0 unspecified atom stereocenters. The van der Waals surface area contributed by atoms with Gasteiger partial charge in [-0.15, -0.1) is 0 Å². The van der Waals surface area contributed by atoms with Gasteiger partial charge in [-0.25, -0.2) is 13.2 Å². The maximum atomic E-state index is 12.5. The van der Waals surface area contributed by atoms with Gasteiger partial charge in [-0.05, 0) is 25.4 Å². The number of nitrogens with one attached hydrogen (secondary N) is 1. The molecule has 10 heteroatoms. The lowest BCUT2D eigenvalue weighted by Crippen LogP contribution is -2.27. The van der Waals surface area contributed by atoms with Crippen molar-refractivity contribution < 1.29 is 18.3 Å². The molecule has 0 saturated carbocycles. The van der Waals surface area contributed by atoms with Crippen LogP contribution < -0.4 is 4.31 Å². The quantitative estimate of drug-likeness (QED) is 0.869. The molecule has 0 saturated heterocycles. The van der Waals surface area contributed by atoms with Gasteiger partial charge in [-0.2, -0.15) is 9.47 Å². The van der Waals surface area contributed by atoms with Gasteiger partial charge in [0, 0.05) is 7.05 Å². The topological polar surface area (TPSA) is 116 Å². The maximum absolute atomic E-state index is 12.5. The van der Waals surface area contributed by atoms with E-state index >= 15 is 0 Å². The summed E-state index contributed by atoms with van der Waals surface area (Å²) >= 11 is 0.828. The SMILES string of the molecule is Cc1nsc(N(C)S(=O)(=O)c2cn[nH]c2C)c1C(=O)O. The van der Waals surface area contributed by atoms with Crippen LogP contribution in [0.4, 0.5) is 5.00 Å². The molecule has 0 atom stereocenters. The van der Waals surface area contributed by atoms with Crippen molar-refractivity contribution >= 4 is 32.5 Å². The maximum Gasteiger partial charge on any atom is 0.340 e. The summed E-state index contributed by atoms with van der Waals surface area (Å²) in [5, 5.41) is 15.4. The number of H-pyrrole nitrogens is 1. The predicted molar refractivity (Wildman–Crippen MR) is 72.7 cm³/mol. The number of aromatic nitrogens is 3. The van der Waals surface area contributed by atoms with Crippen LogP contribution in [0.1, 0.15) is 21.7 Å². The number of hydrogen-bond acceptors (Lipinski definition) is 6. The van der Waals surface area contributed by atoms with Crippen LogP contribution in [0.25, 0.3) is 0 Å². The van der Waals surface area contributed by atoms with Crippen LogP contribution in [0.2, 0.25) is 0 Å². The molecule has 0 aliphatic rings. The van der Waals surface area contributed by atoms with Crippen molar-refractivity contribution in [2.24, 2.45) is 0 Å². The van der Waals surface area contributed by atoms with Gasteiger partial charge in [0.05, 0.1) is 17.6 Å². The van der Waals surface area contributed by atoms with E-state index in [1.165, 1.54) is 20.2 Å². The number of aromatic carboxylic acids is 1. The van der Waals surface area contributed by atoms with Crippen LogP contribution in [0.3, 0.4) is 0 Å². The first-order chi connectivity index (χ1) is 9.26. The molecule has 2 heterocycles. The van der Waals surface area contributed by atoms with E-state index in [-0.39, 0.29) is 21.2 Å². The zero-order valence-corrected chi connectivity index (χ0v) is 12.5. The normalized spacial score (nSPS) is 11.6. The second-order valence-corrected chi connectivity index (χ2v) is 6.77. The minimum Gasteiger partial charge on any atom is -0.478 e. The monoisotopic (exact) mass is 316 g/mol. The zero-order valence-electron chi connectivity index (χ0n) is 10.9. The molecule has 0 amide bonds. The van der Waals surface area contributed by atoms with Crippen molar-refractivity contribution in [3.05, 3.63) is 23.1 Å². The summed E-state index contributed by atoms with van der Waals surface area (Å²) < 4.78 is 29.7. The van der Waals surface area contributed by atoms with Crippen molar-refractivity contribution in [2.45, 2.75) is 18.7 Å². The second kappa shape index (κ2) is 4.87. The van der Waals surface area contributed by atoms with E-state index in [1.807, 2.05) is 0 Å². The molecule has 0 fully saturated rings. The zero-order chi connectivity index (χ0) is 15.1. The average Bonchev–Trinajstić information content (AvgIpc) is 2.94. The van der Waals surface area contributed by atoms with Gasteiger partial charge in [-0.3, -0.25) is 9.40 Å². The van der Waals surface area contributed by atoms with Crippen molar-refractivity contribution in [1.82, 2.24) is 14.6 Å². The fourth-order valence-corrected chi connectivity index (χ4v) is 4.05. The minimum absolute atomic E-state index is 0.00221. The molecule has 8 nitrogen and oxygen atoms in total. The molecule has 20 heavy (non-hydrogen) atoms. The number of sulfonamides is 1. The number of anilines is 1. The van der Waals surface area contributed by atoms with E-state index in [0.717, 1.165) is 15.8 Å². The van der Waals surface area contributed by atoms with E-state index in [4.69, 9.17) is 5.11 Å². The van der Waals surface area contributed by atoms with Crippen LogP contribution in [0.15, 0.2) is 11.1 Å². The lowest BCUT2D eigenvalue weighted by molar-refractivity contribution is 0.0697. The van der Waals surface area contributed by atoms with Crippen LogP contribution in [-0.2, 0) is 10.0 Å². The fraction of sp³-hybridized carbons (Fsp3) is 0.300. The molecule has 2 aromatic rings. The Balaban J connectivity index is 2.55. The van der Waals surface area contributed by atoms with E-state index in [1.54, 1.807) is 6.92 Å². The third kappa shape index (κ3) is 2.16. The van der Waals surface area contributed by atoms with E-state index in [2.05, 4.69) is 14.6 Å². The summed E-state index contributed by atoms with van der Waals surface area (Å²) in [6.07, 6.45) is 1.19. The Morgan fingerprint density at radius 3 is 2.60 bits per heavy atom. The van der Waals surface area contributed by atoms with Crippen LogP contribution in [0, 0.1) is 13.8 Å². The standard InChI is InChI=1S/C10H12N4O4S2/c1-5-7(4-11-12-5)20(17,18)14(3)9-8(10(15)16)6(2)13-19-9/h4H,1-3H3,(H,11,12)(H,15,16). The summed E-state index contributed by atoms with van der Waals surface area (Å²) in [5.74, 6) is -1.21. The number of hydrogen-bond donors (Lipinski definition) is 2. The number of aryl methyl sites for hydroxylation is 2. The second-order valence-electron chi connectivity index (χ2n) is 4.09. The van der Waals surface area contributed by atoms with Crippen LogP contribution in [-0.4, -0.2) is 41.1 Å². The Morgan fingerprint density at radius 2 is 2.10 bits per heavy atom. The van der Waals surface area contributed by atoms with Crippen LogP contribution in [0.5, 0.6) is 0 Å².